The van der Waals surface area contributed by atoms with Gasteiger partial charge in [0.05, 0.1) is 13.2 Å². The Morgan fingerprint density at radius 3 is 2.62 bits per heavy atom. The van der Waals surface area contributed by atoms with Crippen molar-refractivity contribution in [3.8, 4) is 0 Å². The van der Waals surface area contributed by atoms with Crippen LogP contribution in [0.15, 0.2) is 0 Å². The molecule has 0 aromatic carbocycles. The molecule has 3 N–H and O–H groups in total. The molecule has 1 heterocycles. The maximum Gasteiger partial charge on any atom is 0.303 e. The van der Waals surface area contributed by atoms with Crippen molar-refractivity contribution in [1.29, 1.82) is 0 Å². The average molecular weight is 187 g/mol. The van der Waals surface area contributed by atoms with Gasteiger partial charge in [0, 0.05) is 17.9 Å². The fourth-order valence-electron chi connectivity index (χ4n) is 1.63. The normalized spacial score (nSPS) is 22.0. The molecule has 1 unspecified atom stereocenters. The van der Waals surface area contributed by atoms with Crippen molar-refractivity contribution in [3.63, 3.8) is 0 Å². The van der Waals surface area contributed by atoms with Gasteiger partial charge in [-0.3, -0.25) is 4.79 Å². The van der Waals surface area contributed by atoms with Crippen LogP contribution in [0.3, 0.4) is 0 Å². The lowest BCUT2D eigenvalue weighted by atomic mass is 9.75. The van der Waals surface area contributed by atoms with Crippen molar-refractivity contribution >= 4 is 5.97 Å². The number of hydrogen-bond acceptors (Lipinski definition) is 3. The van der Waals surface area contributed by atoms with Crippen molar-refractivity contribution < 1.29 is 14.6 Å². The minimum Gasteiger partial charge on any atom is -0.481 e. The largest absolute Gasteiger partial charge is 0.481 e. The van der Waals surface area contributed by atoms with E-state index in [-0.39, 0.29) is 17.9 Å². The SMILES string of the molecule is CCC1(C(N)CCC(=O)O)COC1. The van der Waals surface area contributed by atoms with Crippen LogP contribution in [0.5, 0.6) is 0 Å². The third-order valence-electron chi connectivity index (χ3n) is 2.94. The first-order chi connectivity index (χ1) is 6.10. The van der Waals surface area contributed by atoms with E-state index in [0.717, 1.165) is 6.42 Å². The van der Waals surface area contributed by atoms with Crippen molar-refractivity contribution in [2.24, 2.45) is 11.1 Å². The Morgan fingerprint density at radius 2 is 2.31 bits per heavy atom. The van der Waals surface area contributed by atoms with E-state index in [9.17, 15) is 4.79 Å². The molecule has 1 atom stereocenters. The van der Waals surface area contributed by atoms with E-state index in [1.807, 2.05) is 0 Å². The quantitative estimate of drug-likeness (QED) is 0.661. The molecule has 0 saturated carbocycles. The molecule has 13 heavy (non-hydrogen) atoms. The van der Waals surface area contributed by atoms with Crippen LogP contribution in [-0.4, -0.2) is 30.3 Å². The van der Waals surface area contributed by atoms with Gasteiger partial charge in [0.2, 0.25) is 0 Å². The van der Waals surface area contributed by atoms with Gasteiger partial charge >= 0.3 is 5.97 Å². The van der Waals surface area contributed by atoms with Crippen LogP contribution in [0.1, 0.15) is 26.2 Å². The van der Waals surface area contributed by atoms with Gasteiger partial charge in [-0.15, -0.1) is 0 Å². The molecule has 0 bridgehead atoms. The zero-order valence-electron chi connectivity index (χ0n) is 7.95. The van der Waals surface area contributed by atoms with Gasteiger partial charge in [-0.05, 0) is 12.8 Å². The molecule has 76 valence electrons. The molecule has 4 heteroatoms. The third-order valence-corrected chi connectivity index (χ3v) is 2.94. The summed E-state index contributed by atoms with van der Waals surface area (Å²) in [5.41, 5.74) is 5.98. The van der Waals surface area contributed by atoms with Crippen molar-refractivity contribution in [1.82, 2.24) is 0 Å². The second-order valence-corrected chi connectivity index (χ2v) is 3.75. The van der Waals surface area contributed by atoms with Crippen LogP contribution >= 0.6 is 0 Å². The molecule has 0 spiro atoms. The number of carboxylic acids is 1. The summed E-state index contributed by atoms with van der Waals surface area (Å²) in [6, 6.07) is -0.0395. The average Bonchev–Trinajstić information content (AvgIpc) is 2.00. The Hall–Kier alpha value is -0.610. The molecule has 1 aliphatic rings. The molecule has 0 aromatic rings. The topological polar surface area (TPSA) is 72.6 Å². The molecule has 1 saturated heterocycles. The Labute approximate surface area is 78.1 Å². The van der Waals surface area contributed by atoms with Crippen LogP contribution < -0.4 is 5.73 Å². The Morgan fingerprint density at radius 1 is 1.69 bits per heavy atom. The lowest BCUT2D eigenvalue weighted by Crippen LogP contribution is -2.54. The Balaban J connectivity index is 2.36. The summed E-state index contributed by atoms with van der Waals surface area (Å²) >= 11 is 0. The fourth-order valence-corrected chi connectivity index (χ4v) is 1.63. The summed E-state index contributed by atoms with van der Waals surface area (Å²) in [6.45, 7) is 3.44. The van der Waals surface area contributed by atoms with Crippen LogP contribution in [0, 0.1) is 5.41 Å². The van der Waals surface area contributed by atoms with Gasteiger partial charge in [0.15, 0.2) is 0 Å². The second kappa shape index (κ2) is 4.07. The molecule has 0 aromatic heterocycles. The minimum absolute atomic E-state index is 0.0395. The lowest BCUT2D eigenvalue weighted by Gasteiger charge is -2.45. The van der Waals surface area contributed by atoms with Gasteiger partial charge in [-0.25, -0.2) is 0 Å². The number of hydrogen-bond donors (Lipinski definition) is 2. The van der Waals surface area contributed by atoms with E-state index in [0.29, 0.717) is 19.6 Å². The summed E-state index contributed by atoms with van der Waals surface area (Å²) in [5.74, 6) is -0.776. The number of rotatable bonds is 5. The van der Waals surface area contributed by atoms with Gasteiger partial charge < -0.3 is 15.6 Å². The summed E-state index contributed by atoms with van der Waals surface area (Å²) < 4.78 is 5.13. The van der Waals surface area contributed by atoms with Crippen LogP contribution in [-0.2, 0) is 9.53 Å². The maximum atomic E-state index is 10.3. The molecule has 0 amide bonds. The minimum atomic E-state index is -0.776. The predicted octanol–water partition coefficient (Wildman–Crippen LogP) is 0.605. The van der Waals surface area contributed by atoms with Crippen LogP contribution in [0.2, 0.25) is 0 Å². The van der Waals surface area contributed by atoms with E-state index in [1.54, 1.807) is 0 Å². The van der Waals surface area contributed by atoms with Crippen molar-refractivity contribution in [2.45, 2.75) is 32.2 Å². The van der Waals surface area contributed by atoms with E-state index in [1.165, 1.54) is 0 Å². The van der Waals surface area contributed by atoms with Crippen molar-refractivity contribution in [2.75, 3.05) is 13.2 Å². The van der Waals surface area contributed by atoms with Gasteiger partial charge in [-0.1, -0.05) is 6.92 Å². The molecule has 4 nitrogen and oxygen atoms in total. The van der Waals surface area contributed by atoms with E-state index in [4.69, 9.17) is 15.6 Å². The third kappa shape index (κ3) is 2.19. The lowest BCUT2D eigenvalue weighted by molar-refractivity contribution is -0.141. The van der Waals surface area contributed by atoms with Gasteiger partial charge in [-0.2, -0.15) is 0 Å². The highest BCUT2D eigenvalue weighted by molar-refractivity contribution is 5.66. The summed E-state index contributed by atoms with van der Waals surface area (Å²) in [4.78, 5) is 10.3. The first kappa shape index (κ1) is 10.5. The zero-order valence-corrected chi connectivity index (χ0v) is 7.95. The standard InChI is InChI=1S/C9H17NO3/c1-2-9(5-13-6-9)7(10)3-4-8(11)12/h7H,2-6,10H2,1H3,(H,11,12). The zero-order chi connectivity index (χ0) is 9.90. The highest BCUT2D eigenvalue weighted by atomic mass is 16.5. The van der Waals surface area contributed by atoms with E-state index < -0.39 is 5.97 Å². The van der Waals surface area contributed by atoms with Crippen LogP contribution in [0.4, 0.5) is 0 Å². The molecule has 1 fully saturated rings. The van der Waals surface area contributed by atoms with E-state index in [2.05, 4.69) is 6.92 Å². The van der Waals surface area contributed by atoms with E-state index >= 15 is 0 Å². The Kier molecular flexibility index (Phi) is 3.27. The predicted molar refractivity (Wildman–Crippen MR) is 48.4 cm³/mol. The molecular formula is C9H17NO3. The monoisotopic (exact) mass is 187 g/mol. The molecule has 0 aliphatic carbocycles. The summed E-state index contributed by atoms with van der Waals surface area (Å²) in [7, 11) is 0. The number of ether oxygens (including phenoxy) is 1. The maximum absolute atomic E-state index is 10.3. The number of nitrogens with two attached hydrogens (primary N) is 1. The number of carbonyl (C=O) groups is 1. The number of aliphatic carboxylic acids is 1. The Bertz CT molecular complexity index is 184. The highest BCUT2D eigenvalue weighted by Gasteiger charge is 2.42. The molecule has 1 aliphatic heterocycles. The first-order valence-corrected chi connectivity index (χ1v) is 4.66. The van der Waals surface area contributed by atoms with Gasteiger partial charge in [0.25, 0.3) is 0 Å². The fraction of sp³-hybridized carbons (Fsp3) is 0.889. The van der Waals surface area contributed by atoms with Crippen LogP contribution in [0.25, 0.3) is 0 Å². The molecule has 1 rings (SSSR count). The summed E-state index contributed by atoms with van der Waals surface area (Å²) in [6.07, 6.45) is 1.67. The van der Waals surface area contributed by atoms with Crippen molar-refractivity contribution in [3.05, 3.63) is 0 Å². The summed E-state index contributed by atoms with van der Waals surface area (Å²) in [5, 5.41) is 8.50. The molecule has 0 radical (unpaired) electrons. The second-order valence-electron chi connectivity index (χ2n) is 3.75. The number of carboxylic acid groups (broad SMARTS) is 1. The molecular weight excluding hydrogens is 170 g/mol. The first-order valence-electron chi connectivity index (χ1n) is 4.66. The smallest absolute Gasteiger partial charge is 0.303 e. The highest BCUT2D eigenvalue weighted by Crippen LogP contribution is 2.35. The van der Waals surface area contributed by atoms with Gasteiger partial charge in [0.1, 0.15) is 0 Å².